The van der Waals surface area contributed by atoms with Gasteiger partial charge in [0.1, 0.15) is 0 Å². The first-order valence-corrected chi connectivity index (χ1v) is 8.72. The van der Waals surface area contributed by atoms with Crippen LogP contribution in [0, 0.1) is 0 Å². The van der Waals surface area contributed by atoms with Crippen molar-refractivity contribution >= 4 is 17.5 Å². The predicted molar refractivity (Wildman–Crippen MR) is 99.4 cm³/mol. The summed E-state index contributed by atoms with van der Waals surface area (Å²) in [5, 5.41) is 0.947. The van der Waals surface area contributed by atoms with E-state index in [9.17, 15) is 4.79 Å². The molecule has 0 radical (unpaired) electrons. The van der Waals surface area contributed by atoms with Crippen molar-refractivity contribution in [1.29, 1.82) is 0 Å². The first-order chi connectivity index (χ1) is 11.2. The van der Waals surface area contributed by atoms with Crippen molar-refractivity contribution in [2.45, 2.75) is 6.54 Å². The van der Waals surface area contributed by atoms with Crippen LogP contribution in [0.3, 0.4) is 0 Å². The quantitative estimate of drug-likeness (QED) is 0.397. The zero-order chi connectivity index (χ0) is 16.5. The van der Waals surface area contributed by atoms with E-state index in [0.717, 1.165) is 11.6 Å². The molecule has 0 saturated heterocycles. The number of benzene rings is 2. The van der Waals surface area contributed by atoms with Gasteiger partial charge in [-0.3, -0.25) is 4.79 Å². The third kappa shape index (κ3) is 5.15. The Kier molecular flexibility index (Phi) is 6.70. The van der Waals surface area contributed by atoms with Crippen LogP contribution in [-0.2, 0) is 6.54 Å². The SMILES string of the molecule is C=CCN(Cc1ccccc1)/C(=C/C(=O)c1ccccc1)SC. The number of rotatable bonds is 8. The van der Waals surface area contributed by atoms with Crippen LogP contribution in [-0.4, -0.2) is 23.5 Å². The third-order valence-electron chi connectivity index (χ3n) is 3.40. The van der Waals surface area contributed by atoms with E-state index in [4.69, 9.17) is 0 Å². The second-order valence-electron chi connectivity index (χ2n) is 5.07. The lowest BCUT2D eigenvalue weighted by Crippen LogP contribution is -2.22. The number of hydrogen-bond donors (Lipinski definition) is 0. The molecule has 0 N–H and O–H groups in total. The first kappa shape index (κ1) is 17.1. The van der Waals surface area contributed by atoms with Crippen molar-refractivity contribution in [3.8, 4) is 0 Å². The Balaban J connectivity index is 2.22. The van der Waals surface area contributed by atoms with Gasteiger partial charge < -0.3 is 4.90 Å². The lowest BCUT2D eigenvalue weighted by molar-refractivity contribution is 0.104. The maximum absolute atomic E-state index is 12.4. The summed E-state index contributed by atoms with van der Waals surface area (Å²) in [6, 6.07) is 19.6. The van der Waals surface area contributed by atoms with Gasteiger partial charge in [0, 0.05) is 24.7 Å². The Morgan fingerprint density at radius 3 is 2.26 bits per heavy atom. The number of carbonyl (C=O) groups excluding carboxylic acids is 1. The topological polar surface area (TPSA) is 20.3 Å². The zero-order valence-electron chi connectivity index (χ0n) is 13.3. The second kappa shape index (κ2) is 9.01. The molecule has 2 aromatic carbocycles. The smallest absolute Gasteiger partial charge is 0.188 e. The predicted octanol–water partition coefficient (Wildman–Crippen LogP) is 4.76. The van der Waals surface area contributed by atoms with E-state index >= 15 is 0 Å². The minimum Gasteiger partial charge on any atom is -0.358 e. The van der Waals surface area contributed by atoms with Gasteiger partial charge in [-0.05, 0) is 11.8 Å². The molecule has 3 heteroatoms. The average molecular weight is 323 g/mol. The standard InChI is InChI=1S/C20H21NOS/c1-3-14-21(16-17-10-6-4-7-11-17)20(23-2)15-19(22)18-12-8-5-9-13-18/h3-13,15H,1,14,16H2,2H3/b20-15-. The molecule has 2 rings (SSSR count). The molecular weight excluding hydrogens is 302 g/mol. The molecule has 0 amide bonds. The molecule has 0 fully saturated rings. The number of hydrogen-bond acceptors (Lipinski definition) is 3. The Hall–Kier alpha value is -2.26. The first-order valence-electron chi connectivity index (χ1n) is 7.49. The fourth-order valence-electron chi connectivity index (χ4n) is 2.27. The summed E-state index contributed by atoms with van der Waals surface area (Å²) in [4.78, 5) is 14.6. The lowest BCUT2D eigenvalue weighted by Gasteiger charge is -2.25. The van der Waals surface area contributed by atoms with Gasteiger partial charge in [-0.2, -0.15) is 0 Å². The van der Waals surface area contributed by atoms with Crippen LogP contribution in [0.25, 0.3) is 0 Å². The van der Waals surface area contributed by atoms with Gasteiger partial charge in [-0.15, -0.1) is 18.3 Å². The van der Waals surface area contributed by atoms with Crippen LogP contribution < -0.4 is 0 Å². The molecule has 0 aliphatic carbocycles. The molecular formula is C20H21NOS. The number of thioether (sulfide) groups is 1. The summed E-state index contributed by atoms with van der Waals surface area (Å²) in [6.45, 7) is 5.28. The highest BCUT2D eigenvalue weighted by Gasteiger charge is 2.11. The molecule has 2 aromatic rings. The van der Waals surface area contributed by atoms with Gasteiger partial charge in [-0.25, -0.2) is 0 Å². The van der Waals surface area contributed by atoms with E-state index in [1.54, 1.807) is 17.8 Å². The molecule has 118 valence electrons. The Morgan fingerprint density at radius 2 is 1.70 bits per heavy atom. The monoisotopic (exact) mass is 323 g/mol. The van der Waals surface area contributed by atoms with Crippen LogP contribution in [0.2, 0.25) is 0 Å². The summed E-state index contributed by atoms with van der Waals surface area (Å²) in [6.07, 6.45) is 5.57. The van der Waals surface area contributed by atoms with E-state index in [1.807, 2.05) is 60.9 Å². The summed E-state index contributed by atoms with van der Waals surface area (Å²) < 4.78 is 0. The zero-order valence-corrected chi connectivity index (χ0v) is 14.1. The van der Waals surface area contributed by atoms with Crippen molar-refractivity contribution in [1.82, 2.24) is 4.90 Å². The molecule has 0 aliphatic rings. The van der Waals surface area contributed by atoms with Crippen LogP contribution in [0.4, 0.5) is 0 Å². The largest absolute Gasteiger partial charge is 0.358 e. The number of ketones is 1. The molecule has 2 nitrogen and oxygen atoms in total. The molecule has 0 spiro atoms. The van der Waals surface area contributed by atoms with Gasteiger partial charge in [0.05, 0.1) is 5.03 Å². The van der Waals surface area contributed by atoms with Gasteiger partial charge in [-0.1, -0.05) is 66.7 Å². The lowest BCUT2D eigenvalue weighted by atomic mass is 10.1. The molecule has 0 atom stereocenters. The maximum atomic E-state index is 12.4. The van der Waals surface area contributed by atoms with E-state index in [1.165, 1.54) is 5.56 Å². The molecule has 0 saturated carbocycles. The van der Waals surface area contributed by atoms with Crippen molar-refractivity contribution in [2.75, 3.05) is 12.8 Å². The molecule has 23 heavy (non-hydrogen) atoms. The Labute approximate surface area is 142 Å². The van der Waals surface area contributed by atoms with E-state index < -0.39 is 0 Å². The molecule has 0 aromatic heterocycles. The summed E-state index contributed by atoms with van der Waals surface area (Å²) in [7, 11) is 0. The van der Waals surface area contributed by atoms with E-state index in [0.29, 0.717) is 12.1 Å². The Bertz CT molecular complexity index is 665. The summed E-state index contributed by atoms with van der Waals surface area (Å²) >= 11 is 1.58. The average Bonchev–Trinajstić information content (AvgIpc) is 2.61. The van der Waals surface area contributed by atoms with Gasteiger partial charge in [0.15, 0.2) is 5.78 Å². The highest BCUT2D eigenvalue weighted by atomic mass is 32.2. The minimum atomic E-state index is 0.0251. The van der Waals surface area contributed by atoms with Crippen molar-refractivity contribution < 1.29 is 4.79 Å². The van der Waals surface area contributed by atoms with Crippen LogP contribution in [0.5, 0.6) is 0 Å². The fourth-order valence-corrected chi connectivity index (χ4v) is 2.89. The highest BCUT2D eigenvalue weighted by molar-refractivity contribution is 8.02. The Morgan fingerprint density at radius 1 is 1.09 bits per heavy atom. The van der Waals surface area contributed by atoms with E-state index in [2.05, 4.69) is 23.6 Å². The summed E-state index contributed by atoms with van der Waals surface area (Å²) in [5.41, 5.74) is 1.92. The minimum absolute atomic E-state index is 0.0251. The van der Waals surface area contributed by atoms with Gasteiger partial charge in [0.25, 0.3) is 0 Å². The number of nitrogens with zero attached hydrogens (tertiary/aromatic N) is 1. The van der Waals surface area contributed by atoms with Crippen LogP contribution in [0.1, 0.15) is 15.9 Å². The molecule has 0 aliphatic heterocycles. The van der Waals surface area contributed by atoms with Gasteiger partial charge >= 0.3 is 0 Å². The van der Waals surface area contributed by atoms with Crippen LogP contribution >= 0.6 is 11.8 Å². The number of allylic oxidation sites excluding steroid dienone is 1. The van der Waals surface area contributed by atoms with Crippen molar-refractivity contribution in [3.05, 3.63) is 95.6 Å². The van der Waals surface area contributed by atoms with Crippen molar-refractivity contribution in [3.63, 3.8) is 0 Å². The molecule has 0 heterocycles. The highest BCUT2D eigenvalue weighted by Crippen LogP contribution is 2.21. The van der Waals surface area contributed by atoms with E-state index in [-0.39, 0.29) is 5.78 Å². The molecule has 0 unspecified atom stereocenters. The number of carbonyl (C=O) groups is 1. The van der Waals surface area contributed by atoms with Crippen LogP contribution in [0.15, 0.2) is 84.4 Å². The molecule has 0 bridgehead atoms. The summed E-state index contributed by atoms with van der Waals surface area (Å²) in [5.74, 6) is 0.0251. The third-order valence-corrected chi connectivity index (χ3v) is 4.19. The van der Waals surface area contributed by atoms with Crippen molar-refractivity contribution in [2.24, 2.45) is 0 Å². The fraction of sp³-hybridized carbons (Fsp3) is 0.150. The van der Waals surface area contributed by atoms with Gasteiger partial charge in [0.2, 0.25) is 0 Å². The maximum Gasteiger partial charge on any atom is 0.188 e. The second-order valence-corrected chi connectivity index (χ2v) is 5.90. The normalized spacial score (nSPS) is 11.1.